The smallest absolute Gasteiger partial charge is 0.423 e. The molecule has 118 valence electrons. The molecule has 0 bridgehead atoms. The second-order valence-electron chi connectivity index (χ2n) is 6.46. The van der Waals surface area contributed by atoms with E-state index in [0.29, 0.717) is 0 Å². The molecule has 0 aliphatic heterocycles. The highest BCUT2D eigenvalue weighted by molar-refractivity contribution is 7.87. The molecule has 0 atom stereocenters. The first-order chi connectivity index (χ1) is 9.02. The average molecular weight is 307 g/mol. The zero-order chi connectivity index (χ0) is 15.4. The van der Waals surface area contributed by atoms with Crippen LogP contribution >= 0.6 is 0 Å². The van der Waals surface area contributed by atoms with Gasteiger partial charge in [0.2, 0.25) is 0 Å². The summed E-state index contributed by atoms with van der Waals surface area (Å²) in [6.07, 6.45) is 3.87. The first kappa shape index (κ1) is 17.2. The summed E-state index contributed by atoms with van der Waals surface area (Å²) < 4.78 is 31.3. The van der Waals surface area contributed by atoms with Crippen LogP contribution in [-0.4, -0.2) is 25.7 Å². The minimum absolute atomic E-state index is 0.459. The highest BCUT2D eigenvalue weighted by atomic mass is 32.2. The van der Waals surface area contributed by atoms with Gasteiger partial charge in [0.15, 0.2) is 0 Å². The van der Waals surface area contributed by atoms with Crippen LogP contribution in [-0.2, 0) is 14.9 Å². The Labute approximate surface area is 121 Å². The molecule has 1 saturated carbocycles. The Bertz CT molecular complexity index is 436. The molecule has 0 unspecified atom stereocenters. The molecule has 0 aromatic rings. The molecule has 0 aromatic carbocycles. The van der Waals surface area contributed by atoms with Crippen molar-refractivity contribution in [2.75, 3.05) is 0 Å². The van der Waals surface area contributed by atoms with Gasteiger partial charge in [0.05, 0.1) is 0 Å². The number of rotatable bonds is 4. The minimum atomic E-state index is -3.80. The standard InChI is InChI=1S/C12H25N3O4S/c1-11(2,3)19-10(16)13-15-20(17,18)14-12(4)8-6-5-7-9-12/h14-15H,5-9H2,1-4H3,(H,13,16). The lowest BCUT2D eigenvalue weighted by atomic mass is 9.84. The Kier molecular flexibility index (Phi) is 5.39. The Hall–Kier alpha value is -0.860. The summed E-state index contributed by atoms with van der Waals surface area (Å²) in [5.74, 6) is 0. The quantitative estimate of drug-likeness (QED) is 0.687. The van der Waals surface area contributed by atoms with Crippen molar-refractivity contribution in [1.82, 2.24) is 15.0 Å². The fraction of sp³-hybridized carbons (Fsp3) is 0.917. The third kappa shape index (κ3) is 6.53. The van der Waals surface area contributed by atoms with E-state index in [1.54, 1.807) is 20.8 Å². The van der Waals surface area contributed by atoms with Crippen molar-refractivity contribution in [2.45, 2.75) is 70.9 Å². The number of hydrogen-bond donors (Lipinski definition) is 3. The summed E-state index contributed by atoms with van der Waals surface area (Å²) >= 11 is 0. The van der Waals surface area contributed by atoms with Gasteiger partial charge < -0.3 is 4.74 Å². The van der Waals surface area contributed by atoms with Crippen molar-refractivity contribution in [3.8, 4) is 0 Å². The molecule has 0 spiro atoms. The van der Waals surface area contributed by atoms with Crippen LogP contribution in [0, 0.1) is 0 Å². The Morgan fingerprint density at radius 3 is 2.20 bits per heavy atom. The lowest BCUT2D eigenvalue weighted by Crippen LogP contribution is -2.55. The van der Waals surface area contributed by atoms with E-state index in [1.165, 1.54) is 0 Å². The van der Waals surface area contributed by atoms with E-state index in [1.807, 2.05) is 17.2 Å². The maximum Gasteiger partial charge on any atom is 0.423 e. The molecule has 1 fully saturated rings. The maximum atomic E-state index is 11.9. The summed E-state index contributed by atoms with van der Waals surface area (Å²) in [6.45, 7) is 6.96. The van der Waals surface area contributed by atoms with Crippen LogP contribution in [0.4, 0.5) is 4.79 Å². The van der Waals surface area contributed by atoms with Crippen molar-refractivity contribution in [3.63, 3.8) is 0 Å². The van der Waals surface area contributed by atoms with E-state index < -0.39 is 27.4 Å². The molecule has 1 amide bonds. The van der Waals surface area contributed by atoms with Crippen molar-refractivity contribution in [3.05, 3.63) is 0 Å². The number of hydrogen-bond acceptors (Lipinski definition) is 4. The molecule has 20 heavy (non-hydrogen) atoms. The number of carbonyl (C=O) groups is 1. The fourth-order valence-electron chi connectivity index (χ4n) is 2.20. The van der Waals surface area contributed by atoms with E-state index >= 15 is 0 Å². The summed E-state index contributed by atoms with van der Waals surface area (Å²) in [5, 5.41) is 0. The normalized spacial score (nSPS) is 19.4. The van der Waals surface area contributed by atoms with Crippen LogP contribution in [0.25, 0.3) is 0 Å². The Balaban J connectivity index is 2.47. The summed E-state index contributed by atoms with van der Waals surface area (Å²) in [5.41, 5.74) is 0.884. The average Bonchev–Trinajstić information content (AvgIpc) is 2.24. The molecule has 0 saturated heterocycles. The predicted octanol–water partition coefficient (Wildman–Crippen LogP) is 1.57. The van der Waals surface area contributed by atoms with Gasteiger partial charge in [-0.15, -0.1) is 4.83 Å². The van der Waals surface area contributed by atoms with Gasteiger partial charge in [0.25, 0.3) is 10.2 Å². The SMILES string of the molecule is CC1(NS(=O)(=O)NNC(=O)OC(C)(C)C)CCCCC1. The van der Waals surface area contributed by atoms with Crippen LogP contribution in [0.1, 0.15) is 59.8 Å². The van der Waals surface area contributed by atoms with Gasteiger partial charge in [-0.05, 0) is 40.5 Å². The van der Waals surface area contributed by atoms with Crippen molar-refractivity contribution in [1.29, 1.82) is 0 Å². The maximum absolute atomic E-state index is 11.9. The number of nitrogens with one attached hydrogen (secondary N) is 3. The van der Waals surface area contributed by atoms with Crippen LogP contribution < -0.4 is 15.0 Å². The number of ether oxygens (including phenoxy) is 1. The molecule has 1 aliphatic rings. The van der Waals surface area contributed by atoms with Crippen molar-refractivity contribution >= 4 is 16.3 Å². The number of hydrazine groups is 1. The zero-order valence-corrected chi connectivity index (χ0v) is 13.4. The van der Waals surface area contributed by atoms with Gasteiger partial charge in [0, 0.05) is 5.54 Å². The van der Waals surface area contributed by atoms with Crippen LogP contribution in [0.2, 0.25) is 0 Å². The highest BCUT2D eigenvalue weighted by Crippen LogP contribution is 2.27. The Morgan fingerprint density at radius 1 is 1.15 bits per heavy atom. The van der Waals surface area contributed by atoms with Crippen molar-refractivity contribution in [2.24, 2.45) is 0 Å². The third-order valence-corrected chi connectivity index (χ3v) is 4.16. The largest absolute Gasteiger partial charge is 0.443 e. The molecular formula is C12H25N3O4S. The summed E-state index contributed by atoms with van der Waals surface area (Å²) in [6, 6.07) is 0. The molecule has 0 radical (unpaired) electrons. The van der Waals surface area contributed by atoms with E-state index in [4.69, 9.17) is 4.74 Å². The Morgan fingerprint density at radius 2 is 1.70 bits per heavy atom. The van der Waals surface area contributed by atoms with Gasteiger partial charge >= 0.3 is 6.09 Å². The molecule has 3 N–H and O–H groups in total. The molecule has 0 heterocycles. The molecule has 1 aliphatic carbocycles. The monoisotopic (exact) mass is 307 g/mol. The lowest BCUT2D eigenvalue weighted by molar-refractivity contribution is 0.0514. The lowest BCUT2D eigenvalue weighted by Gasteiger charge is -2.34. The van der Waals surface area contributed by atoms with Crippen molar-refractivity contribution < 1.29 is 17.9 Å². The van der Waals surface area contributed by atoms with Crippen LogP contribution in [0.3, 0.4) is 0 Å². The van der Waals surface area contributed by atoms with E-state index in [9.17, 15) is 13.2 Å². The van der Waals surface area contributed by atoms with E-state index in [-0.39, 0.29) is 0 Å². The van der Waals surface area contributed by atoms with Crippen LogP contribution in [0.15, 0.2) is 0 Å². The molecule has 7 nitrogen and oxygen atoms in total. The summed E-state index contributed by atoms with van der Waals surface area (Å²) in [4.78, 5) is 13.4. The predicted molar refractivity (Wildman–Crippen MR) is 76.1 cm³/mol. The number of carbonyl (C=O) groups excluding carboxylic acids is 1. The fourth-order valence-corrected chi connectivity index (χ4v) is 3.32. The van der Waals surface area contributed by atoms with E-state index in [0.717, 1.165) is 32.1 Å². The van der Waals surface area contributed by atoms with Crippen LogP contribution in [0.5, 0.6) is 0 Å². The van der Waals surface area contributed by atoms with E-state index in [2.05, 4.69) is 4.72 Å². The zero-order valence-electron chi connectivity index (χ0n) is 12.6. The third-order valence-electron chi connectivity index (χ3n) is 3.02. The summed E-state index contributed by atoms with van der Waals surface area (Å²) in [7, 11) is -3.80. The topological polar surface area (TPSA) is 96.5 Å². The molecule has 1 rings (SSSR count). The second-order valence-corrected chi connectivity index (χ2v) is 7.87. The van der Waals surface area contributed by atoms with Gasteiger partial charge in [-0.1, -0.05) is 19.3 Å². The first-order valence-corrected chi connectivity index (χ1v) is 8.29. The number of amides is 1. The van der Waals surface area contributed by atoms with Gasteiger partial charge in [-0.2, -0.15) is 13.1 Å². The first-order valence-electron chi connectivity index (χ1n) is 6.81. The van der Waals surface area contributed by atoms with Gasteiger partial charge in [-0.3, -0.25) is 0 Å². The highest BCUT2D eigenvalue weighted by Gasteiger charge is 2.31. The van der Waals surface area contributed by atoms with Gasteiger partial charge in [-0.25, -0.2) is 10.2 Å². The van der Waals surface area contributed by atoms with Gasteiger partial charge in [0.1, 0.15) is 5.60 Å². The molecule has 0 aromatic heterocycles. The molecule has 8 heteroatoms. The molecular weight excluding hydrogens is 282 g/mol. The second kappa shape index (κ2) is 6.28. The minimum Gasteiger partial charge on any atom is -0.443 e.